The van der Waals surface area contributed by atoms with Crippen LogP contribution in [-0.2, 0) is 11.8 Å². The summed E-state index contributed by atoms with van der Waals surface area (Å²) in [6, 6.07) is 4.70. The largest absolute Gasteiger partial charge is 0.489 e. The molecule has 1 aromatic rings. The molecule has 2 saturated carbocycles. The molecule has 1 heterocycles. The predicted molar refractivity (Wildman–Crippen MR) is 75.7 cm³/mol. The van der Waals surface area contributed by atoms with E-state index < -0.39 is 0 Å². The monoisotopic (exact) mass is 254 g/mol. The number of aryl methyl sites for hydroxylation is 1. The standard InChI is InChI=1S/C18H22O/c1-11-7-8-13-10-12-4-3-9-18-14(12)5-2-6-15(18)19-17(11)16(13)18/h7-8,12,14-15H,2-6,9-10H2,1H3. The van der Waals surface area contributed by atoms with E-state index in [1.165, 1.54) is 56.3 Å². The molecule has 4 unspecified atom stereocenters. The molecule has 1 spiro atoms. The zero-order valence-electron chi connectivity index (χ0n) is 11.7. The SMILES string of the molecule is Cc1ccc2c3c1OC1CCCC4C(CCCC314)C2. The Kier molecular flexibility index (Phi) is 1.91. The van der Waals surface area contributed by atoms with Gasteiger partial charge in [0.15, 0.2) is 0 Å². The van der Waals surface area contributed by atoms with Crippen molar-refractivity contribution < 1.29 is 4.74 Å². The van der Waals surface area contributed by atoms with Crippen molar-refractivity contribution in [3.63, 3.8) is 0 Å². The molecule has 4 aliphatic rings. The topological polar surface area (TPSA) is 9.23 Å². The van der Waals surface area contributed by atoms with Crippen LogP contribution in [0, 0.1) is 18.8 Å². The van der Waals surface area contributed by atoms with Crippen LogP contribution in [-0.4, -0.2) is 6.10 Å². The van der Waals surface area contributed by atoms with Gasteiger partial charge >= 0.3 is 0 Å². The van der Waals surface area contributed by atoms with Crippen LogP contribution in [0.3, 0.4) is 0 Å². The summed E-state index contributed by atoms with van der Waals surface area (Å²) in [5.74, 6) is 3.16. The number of hydrogen-bond donors (Lipinski definition) is 0. The van der Waals surface area contributed by atoms with Crippen LogP contribution >= 0.6 is 0 Å². The third kappa shape index (κ3) is 1.10. The van der Waals surface area contributed by atoms with Crippen molar-refractivity contribution in [1.29, 1.82) is 0 Å². The summed E-state index contributed by atoms with van der Waals surface area (Å²) in [5.41, 5.74) is 5.09. The first-order valence-electron chi connectivity index (χ1n) is 8.10. The fourth-order valence-electron chi connectivity index (χ4n) is 6.00. The van der Waals surface area contributed by atoms with Crippen molar-refractivity contribution >= 4 is 0 Å². The summed E-state index contributed by atoms with van der Waals surface area (Å²) < 4.78 is 6.51. The average molecular weight is 254 g/mol. The zero-order chi connectivity index (χ0) is 12.6. The second kappa shape index (κ2) is 3.37. The smallest absolute Gasteiger partial charge is 0.126 e. The Labute approximate surface area is 115 Å². The van der Waals surface area contributed by atoms with Gasteiger partial charge in [0.2, 0.25) is 0 Å². The van der Waals surface area contributed by atoms with Gasteiger partial charge in [0, 0.05) is 11.0 Å². The Bertz CT molecular complexity index is 561. The van der Waals surface area contributed by atoms with Gasteiger partial charge in [0.05, 0.1) is 0 Å². The first-order valence-corrected chi connectivity index (χ1v) is 8.10. The van der Waals surface area contributed by atoms with Gasteiger partial charge in [0.25, 0.3) is 0 Å². The normalized spacial score (nSPS) is 41.6. The third-order valence-electron chi connectivity index (χ3n) is 6.60. The summed E-state index contributed by atoms with van der Waals surface area (Å²) >= 11 is 0. The highest BCUT2D eigenvalue weighted by atomic mass is 16.5. The lowest BCUT2D eigenvalue weighted by Crippen LogP contribution is -2.55. The van der Waals surface area contributed by atoms with Crippen molar-refractivity contribution in [3.05, 3.63) is 28.8 Å². The van der Waals surface area contributed by atoms with E-state index in [-0.39, 0.29) is 0 Å². The number of hydrogen-bond acceptors (Lipinski definition) is 1. The molecular formula is C18H22O. The molecule has 0 saturated heterocycles. The Morgan fingerprint density at radius 2 is 2.11 bits per heavy atom. The first kappa shape index (κ1) is 10.8. The van der Waals surface area contributed by atoms with Crippen molar-refractivity contribution in [2.75, 3.05) is 0 Å². The fraction of sp³-hybridized carbons (Fsp3) is 0.667. The molecule has 1 nitrogen and oxygen atoms in total. The van der Waals surface area contributed by atoms with Crippen molar-refractivity contribution in [3.8, 4) is 5.75 Å². The van der Waals surface area contributed by atoms with Crippen molar-refractivity contribution in [2.24, 2.45) is 11.8 Å². The highest BCUT2D eigenvalue weighted by Crippen LogP contribution is 2.64. The average Bonchev–Trinajstić information content (AvgIpc) is 2.74. The summed E-state index contributed by atoms with van der Waals surface area (Å²) in [6.45, 7) is 2.23. The lowest BCUT2D eigenvalue weighted by atomic mass is 9.48. The lowest BCUT2D eigenvalue weighted by molar-refractivity contribution is -0.0140. The van der Waals surface area contributed by atoms with Crippen LogP contribution in [0.1, 0.15) is 55.2 Å². The van der Waals surface area contributed by atoms with Crippen molar-refractivity contribution in [1.82, 2.24) is 0 Å². The molecule has 1 aliphatic heterocycles. The van der Waals surface area contributed by atoms with E-state index in [2.05, 4.69) is 19.1 Å². The Hall–Kier alpha value is -0.980. The van der Waals surface area contributed by atoms with E-state index in [0.717, 1.165) is 11.8 Å². The van der Waals surface area contributed by atoms with Crippen LogP contribution in [0.2, 0.25) is 0 Å². The molecule has 1 heteroatoms. The van der Waals surface area contributed by atoms with E-state index >= 15 is 0 Å². The van der Waals surface area contributed by atoms with Gasteiger partial charge in [-0.05, 0) is 68.4 Å². The number of ether oxygens (including phenoxy) is 1. The van der Waals surface area contributed by atoms with Gasteiger partial charge in [0.1, 0.15) is 11.9 Å². The zero-order valence-corrected chi connectivity index (χ0v) is 11.7. The van der Waals surface area contributed by atoms with Crippen LogP contribution < -0.4 is 4.74 Å². The van der Waals surface area contributed by atoms with Crippen LogP contribution in [0.15, 0.2) is 12.1 Å². The van der Waals surface area contributed by atoms with Crippen LogP contribution in [0.25, 0.3) is 0 Å². The quantitative estimate of drug-likeness (QED) is 0.676. The number of benzene rings is 1. The van der Waals surface area contributed by atoms with E-state index in [0.29, 0.717) is 11.5 Å². The van der Waals surface area contributed by atoms with Gasteiger partial charge in [-0.2, -0.15) is 0 Å². The molecule has 2 bridgehead atoms. The molecule has 100 valence electrons. The van der Waals surface area contributed by atoms with Crippen LogP contribution in [0.5, 0.6) is 5.75 Å². The maximum atomic E-state index is 6.51. The van der Waals surface area contributed by atoms with Crippen molar-refractivity contribution in [2.45, 2.75) is 63.4 Å². The van der Waals surface area contributed by atoms with Gasteiger partial charge in [-0.1, -0.05) is 18.6 Å². The Balaban J connectivity index is 1.84. The van der Waals surface area contributed by atoms with Crippen LogP contribution in [0.4, 0.5) is 0 Å². The molecule has 5 rings (SSSR count). The lowest BCUT2D eigenvalue weighted by Gasteiger charge is -2.54. The summed E-state index contributed by atoms with van der Waals surface area (Å²) in [7, 11) is 0. The van der Waals surface area contributed by atoms with E-state index in [4.69, 9.17) is 4.74 Å². The molecule has 4 atom stereocenters. The molecule has 1 aromatic carbocycles. The minimum atomic E-state index is 0.427. The third-order valence-corrected chi connectivity index (χ3v) is 6.60. The molecule has 0 radical (unpaired) electrons. The van der Waals surface area contributed by atoms with Gasteiger partial charge in [-0.3, -0.25) is 0 Å². The molecule has 0 N–H and O–H groups in total. The first-order chi connectivity index (χ1) is 9.30. The maximum Gasteiger partial charge on any atom is 0.126 e. The molecule has 2 fully saturated rings. The molecule has 0 amide bonds. The van der Waals surface area contributed by atoms with E-state index in [1.807, 2.05) is 0 Å². The molecule has 19 heavy (non-hydrogen) atoms. The second-order valence-corrected chi connectivity index (χ2v) is 7.29. The minimum absolute atomic E-state index is 0.427. The molecule has 3 aliphatic carbocycles. The summed E-state index contributed by atoms with van der Waals surface area (Å²) in [5, 5.41) is 0. The van der Waals surface area contributed by atoms with Gasteiger partial charge in [-0.25, -0.2) is 0 Å². The highest BCUT2D eigenvalue weighted by molar-refractivity contribution is 5.57. The second-order valence-electron chi connectivity index (χ2n) is 7.29. The molecular weight excluding hydrogens is 232 g/mol. The number of rotatable bonds is 0. The van der Waals surface area contributed by atoms with Gasteiger partial charge < -0.3 is 4.74 Å². The fourth-order valence-corrected chi connectivity index (χ4v) is 6.00. The highest BCUT2D eigenvalue weighted by Gasteiger charge is 2.61. The Morgan fingerprint density at radius 1 is 1.16 bits per heavy atom. The maximum absolute atomic E-state index is 6.51. The van der Waals surface area contributed by atoms with E-state index in [9.17, 15) is 0 Å². The minimum Gasteiger partial charge on any atom is -0.489 e. The Morgan fingerprint density at radius 3 is 3.05 bits per heavy atom. The summed E-state index contributed by atoms with van der Waals surface area (Å²) in [4.78, 5) is 0. The predicted octanol–water partition coefficient (Wildman–Crippen LogP) is 4.15. The van der Waals surface area contributed by atoms with E-state index in [1.54, 1.807) is 11.1 Å². The molecule has 0 aromatic heterocycles. The van der Waals surface area contributed by atoms with Gasteiger partial charge in [-0.15, -0.1) is 0 Å². The summed E-state index contributed by atoms with van der Waals surface area (Å²) in [6.07, 6.45) is 10.2.